The Labute approximate surface area is 66.3 Å². The number of rotatable bonds is 1. The van der Waals surface area contributed by atoms with Crippen molar-refractivity contribution in [3.8, 4) is 0 Å². The fourth-order valence-electron chi connectivity index (χ4n) is 1.40. The number of ketones is 1. The van der Waals surface area contributed by atoms with E-state index in [-0.39, 0.29) is 23.9 Å². The average Bonchev–Trinajstić information content (AvgIpc) is 1.85. The van der Waals surface area contributed by atoms with E-state index in [1.807, 2.05) is 13.8 Å². The van der Waals surface area contributed by atoms with Crippen molar-refractivity contribution in [1.29, 1.82) is 0 Å². The third-order valence-electron chi connectivity index (χ3n) is 2.15. The summed E-state index contributed by atoms with van der Waals surface area (Å²) in [5, 5.41) is 0. The van der Waals surface area contributed by atoms with Crippen LogP contribution in [-0.2, 0) is 4.79 Å². The highest BCUT2D eigenvalue weighted by Gasteiger charge is 2.25. The number of hydrogen-bond donors (Lipinski definition) is 0. The molecule has 1 atom stereocenters. The molecule has 0 aromatic rings. The van der Waals surface area contributed by atoms with Crippen LogP contribution in [0.4, 0.5) is 4.39 Å². The first kappa shape index (κ1) is 8.44. The second kappa shape index (κ2) is 3.16. The van der Waals surface area contributed by atoms with Crippen molar-refractivity contribution in [3.63, 3.8) is 0 Å². The number of carbonyl (C=O) groups excluding carboxylic acids is 1. The van der Waals surface area contributed by atoms with Gasteiger partial charge >= 0.3 is 0 Å². The van der Waals surface area contributed by atoms with Crippen molar-refractivity contribution in [2.45, 2.75) is 26.7 Å². The van der Waals surface area contributed by atoms with Crippen molar-refractivity contribution >= 4 is 5.78 Å². The van der Waals surface area contributed by atoms with Crippen molar-refractivity contribution < 1.29 is 9.18 Å². The van der Waals surface area contributed by atoms with E-state index in [9.17, 15) is 9.18 Å². The lowest BCUT2D eigenvalue weighted by atomic mass is 9.84. The van der Waals surface area contributed by atoms with E-state index in [0.29, 0.717) is 12.3 Å². The Morgan fingerprint density at radius 3 is 2.73 bits per heavy atom. The van der Waals surface area contributed by atoms with Crippen LogP contribution in [-0.4, -0.2) is 5.78 Å². The first-order valence-corrected chi connectivity index (χ1v) is 3.98. The highest BCUT2D eigenvalue weighted by Crippen LogP contribution is 2.26. The first-order chi connectivity index (χ1) is 5.11. The van der Waals surface area contributed by atoms with Crippen LogP contribution in [0, 0.1) is 11.8 Å². The van der Waals surface area contributed by atoms with E-state index in [1.54, 1.807) is 0 Å². The SMILES string of the molecule is CC(C)C1CC=C(F)CC1=O. The minimum Gasteiger partial charge on any atom is -0.299 e. The molecule has 1 rings (SSSR count). The van der Waals surface area contributed by atoms with Crippen molar-refractivity contribution in [3.05, 3.63) is 11.9 Å². The summed E-state index contributed by atoms with van der Waals surface area (Å²) in [4.78, 5) is 11.2. The van der Waals surface area contributed by atoms with Gasteiger partial charge in [-0.3, -0.25) is 4.79 Å². The lowest BCUT2D eigenvalue weighted by Crippen LogP contribution is -2.22. The molecule has 0 aliphatic heterocycles. The Morgan fingerprint density at radius 1 is 1.64 bits per heavy atom. The van der Waals surface area contributed by atoms with E-state index in [4.69, 9.17) is 0 Å². The number of hydrogen-bond acceptors (Lipinski definition) is 1. The number of carbonyl (C=O) groups is 1. The fraction of sp³-hybridized carbons (Fsp3) is 0.667. The summed E-state index contributed by atoms with van der Waals surface area (Å²) < 4.78 is 12.5. The molecule has 0 saturated heterocycles. The van der Waals surface area contributed by atoms with Gasteiger partial charge in [-0.1, -0.05) is 19.9 Å². The van der Waals surface area contributed by atoms with Gasteiger partial charge in [0.15, 0.2) is 0 Å². The first-order valence-electron chi connectivity index (χ1n) is 3.98. The number of Topliss-reactive ketones (excluding diaryl/α,β-unsaturated/α-hetero) is 1. The molecule has 1 unspecified atom stereocenters. The van der Waals surface area contributed by atoms with Crippen LogP contribution in [0.15, 0.2) is 11.9 Å². The topological polar surface area (TPSA) is 17.1 Å². The summed E-state index contributed by atoms with van der Waals surface area (Å²) in [6.07, 6.45) is 2.14. The van der Waals surface area contributed by atoms with Crippen LogP contribution in [0.25, 0.3) is 0 Å². The van der Waals surface area contributed by atoms with Crippen molar-refractivity contribution in [1.82, 2.24) is 0 Å². The zero-order valence-corrected chi connectivity index (χ0v) is 6.93. The molecule has 0 spiro atoms. The third-order valence-corrected chi connectivity index (χ3v) is 2.15. The molecule has 11 heavy (non-hydrogen) atoms. The predicted octanol–water partition coefficient (Wildman–Crippen LogP) is 2.47. The molecular formula is C9H13FO. The summed E-state index contributed by atoms with van der Waals surface area (Å²) in [5.74, 6) is 0.188. The lowest BCUT2D eigenvalue weighted by molar-refractivity contribution is -0.124. The molecule has 1 aliphatic rings. The zero-order valence-electron chi connectivity index (χ0n) is 6.93. The Morgan fingerprint density at radius 2 is 2.27 bits per heavy atom. The van der Waals surface area contributed by atoms with Gasteiger partial charge in [-0.05, 0) is 12.3 Å². The zero-order chi connectivity index (χ0) is 8.43. The van der Waals surface area contributed by atoms with Gasteiger partial charge in [0.05, 0.1) is 6.42 Å². The normalized spacial score (nSPS) is 25.6. The molecule has 62 valence electrons. The van der Waals surface area contributed by atoms with Crippen LogP contribution in [0.1, 0.15) is 26.7 Å². The van der Waals surface area contributed by atoms with Crippen LogP contribution in [0.5, 0.6) is 0 Å². The van der Waals surface area contributed by atoms with E-state index < -0.39 is 0 Å². The summed E-state index contributed by atoms with van der Waals surface area (Å²) >= 11 is 0. The molecule has 0 N–H and O–H groups in total. The summed E-state index contributed by atoms with van der Waals surface area (Å²) in [6, 6.07) is 0. The molecule has 0 aromatic carbocycles. The number of halogens is 1. The molecule has 0 fully saturated rings. The van der Waals surface area contributed by atoms with Gasteiger partial charge in [-0.25, -0.2) is 4.39 Å². The predicted molar refractivity (Wildman–Crippen MR) is 41.8 cm³/mol. The Hall–Kier alpha value is -0.660. The fourth-order valence-corrected chi connectivity index (χ4v) is 1.40. The molecule has 0 bridgehead atoms. The quantitative estimate of drug-likeness (QED) is 0.570. The largest absolute Gasteiger partial charge is 0.299 e. The minimum atomic E-state index is -0.257. The van der Waals surface area contributed by atoms with E-state index in [2.05, 4.69) is 0 Å². The second-order valence-corrected chi connectivity index (χ2v) is 3.38. The van der Waals surface area contributed by atoms with E-state index in [0.717, 1.165) is 0 Å². The molecule has 2 heteroatoms. The van der Waals surface area contributed by atoms with Crippen molar-refractivity contribution in [2.24, 2.45) is 11.8 Å². The molecule has 0 amide bonds. The molecule has 1 aliphatic carbocycles. The van der Waals surface area contributed by atoms with Gasteiger partial charge in [0, 0.05) is 5.92 Å². The smallest absolute Gasteiger partial charge is 0.143 e. The minimum absolute atomic E-state index is 0.0167. The van der Waals surface area contributed by atoms with Gasteiger partial charge in [0.2, 0.25) is 0 Å². The van der Waals surface area contributed by atoms with Gasteiger partial charge in [-0.15, -0.1) is 0 Å². The van der Waals surface area contributed by atoms with Crippen LogP contribution >= 0.6 is 0 Å². The maximum atomic E-state index is 12.5. The highest BCUT2D eigenvalue weighted by molar-refractivity contribution is 5.84. The van der Waals surface area contributed by atoms with Gasteiger partial charge in [0.25, 0.3) is 0 Å². The summed E-state index contributed by atoms with van der Waals surface area (Å²) in [6.45, 7) is 4.00. The monoisotopic (exact) mass is 156 g/mol. The second-order valence-electron chi connectivity index (χ2n) is 3.38. The van der Waals surface area contributed by atoms with Crippen LogP contribution in [0.3, 0.4) is 0 Å². The van der Waals surface area contributed by atoms with Gasteiger partial charge in [0.1, 0.15) is 11.6 Å². The maximum absolute atomic E-state index is 12.5. The molecule has 1 nitrogen and oxygen atoms in total. The van der Waals surface area contributed by atoms with Crippen LogP contribution in [0.2, 0.25) is 0 Å². The summed E-state index contributed by atoms with van der Waals surface area (Å²) in [5.41, 5.74) is 0. The standard InChI is InChI=1S/C9H13FO/c1-6(2)8-4-3-7(10)5-9(8)11/h3,6,8H,4-5H2,1-2H3. The molecule has 0 heterocycles. The summed E-state index contributed by atoms with van der Waals surface area (Å²) in [7, 11) is 0. The van der Waals surface area contributed by atoms with Gasteiger partial charge < -0.3 is 0 Å². The van der Waals surface area contributed by atoms with E-state index >= 15 is 0 Å². The maximum Gasteiger partial charge on any atom is 0.143 e. The van der Waals surface area contributed by atoms with Gasteiger partial charge in [-0.2, -0.15) is 0 Å². The van der Waals surface area contributed by atoms with E-state index in [1.165, 1.54) is 6.08 Å². The Balaban J connectivity index is 2.66. The molecular weight excluding hydrogens is 143 g/mol. The molecule has 0 aromatic heterocycles. The highest BCUT2D eigenvalue weighted by atomic mass is 19.1. The lowest BCUT2D eigenvalue weighted by Gasteiger charge is -2.20. The van der Waals surface area contributed by atoms with Crippen LogP contribution < -0.4 is 0 Å². The Bertz CT molecular complexity index is 194. The van der Waals surface area contributed by atoms with Crippen molar-refractivity contribution in [2.75, 3.05) is 0 Å². The average molecular weight is 156 g/mol. The third kappa shape index (κ3) is 1.88. The number of allylic oxidation sites excluding steroid dienone is 2. The molecule has 0 saturated carbocycles. The molecule has 0 radical (unpaired) electrons. The Kier molecular flexibility index (Phi) is 2.42.